The molecule has 0 spiro atoms. The van der Waals surface area contributed by atoms with Crippen molar-refractivity contribution in [3.8, 4) is 0 Å². The topological polar surface area (TPSA) is 41.0 Å². The first-order valence-electron chi connectivity index (χ1n) is 6.73. The molecule has 20 heavy (non-hydrogen) atoms. The Labute approximate surface area is 118 Å². The standard InChI is InChI=1S/C15H19FN4/c1-3-9-17-11-13-7-8-15(19-18-13)20(2)14-6-4-5-12(16)10-14/h4-8,10,17H,3,9,11H2,1-2H3. The van der Waals surface area contributed by atoms with E-state index < -0.39 is 0 Å². The summed E-state index contributed by atoms with van der Waals surface area (Å²) in [5, 5.41) is 11.6. The minimum atomic E-state index is -0.261. The second kappa shape index (κ2) is 6.96. The molecule has 1 heterocycles. The number of nitrogens with one attached hydrogen (secondary N) is 1. The van der Waals surface area contributed by atoms with Gasteiger partial charge in [-0.1, -0.05) is 13.0 Å². The highest BCUT2D eigenvalue weighted by molar-refractivity contribution is 5.58. The Morgan fingerprint density at radius 1 is 1.20 bits per heavy atom. The lowest BCUT2D eigenvalue weighted by Crippen LogP contribution is -2.16. The van der Waals surface area contributed by atoms with Crippen LogP contribution in [-0.2, 0) is 6.54 Å². The van der Waals surface area contributed by atoms with Gasteiger partial charge in [-0.25, -0.2) is 4.39 Å². The molecule has 5 heteroatoms. The Balaban J connectivity index is 2.05. The largest absolute Gasteiger partial charge is 0.328 e. The van der Waals surface area contributed by atoms with Crippen LogP contribution >= 0.6 is 0 Å². The van der Waals surface area contributed by atoms with Gasteiger partial charge in [0.05, 0.1) is 5.69 Å². The van der Waals surface area contributed by atoms with Crippen molar-refractivity contribution in [1.29, 1.82) is 0 Å². The predicted octanol–water partition coefficient (Wildman–Crippen LogP) is 2.88. The van der Waals surface area contributed by atoms with Gasteiger partial charge in [0.2, 0.25) is 0 Å². The predicted molar refractivity (Wildman–Crippen MR) is 78.5 cm³/mol. The highest BCUT2D eigenvalue weighted by atomic mass is 19.1. The molecule has 1 N–H and O–H groups in total. The zero-order chi connectivity index (χ0) is 14.4. The molecule has 0 aliphatic carbocycles. The van der Waals surface area contributed by atoms with Crippen LogP contribution in [0.4, 0.5) is 15.9 Å². The maximum atomic E-state index is 13.2. The van der Waals surface area contributed by atoms with Gasteiger partial charge in [0.15, 0.2) is 5.82 Å². The van der Waals surface area contributed by atoms with Crippen LogP contribution in [0.3, 0.4) is 0 Å². The molecule has 0 bridgehead atoms. The van der Waals surface area contributed by atoms with Crippen molar-refractivity contribution in [2.45, 2.75) is 19.9 Å². The maximum absolute atomic E-state index is 13.2. The minimum absolute atomic E-state index is 0.261. The number of rotatable bonds is 6. The van der Waals surface area contributed by atoms with Crippen molar-refractivity contribution in [3.63, 3.8) is 0 Å². The fraction of sp³-hybridized carbons (Fsp3) is 0.333. The molecule has 2 aromatic rings. The molecular weight excluding hydrogens is 255 g/mol. The Bertz CT molecular complexity index is 542. The van der Waals surface area contributed by atoms with E-state index in [0.717, 1.165) is 24.3 Å². The third-order valence-electron chi connectivity index (χ3n) is 2.98. The van der Waals surface area contributed by atoms with Gasteiger partial charge in [0.1, 0.15) is 5.82 Å². The van der Waals surface area contributed by atoms with Crippen LogP contribution in [0, 0.1) is 5.82 Å². The van der Waals surface area contributed by atoms with Crippen molar-refractivity contribution in [3.05, 3.63) is 47.9 Å². The van der Waals surface area contributed by atoms with Gasteiger partial charge < -0.3 is 10.2 Å². The van der Waals surface area contributed by atoms with Crippen molar-refractivity contribution >= 4 is 11.5 Å². The summed E-state index contributed by atoms with van der Waals surface area (Å²) in [4.78, 5) is 1.80. The highest BCUT2D eigenvalue weighted by Gasteiger charge is 2.07. The average Bonchev–Trinajstić information content (AvgIpc) is 2.47. The van der Waals surface area contributed by atoms with Gasteiger partial charge >= 0.3 is 0 Å². The van der Waals surface area contributed by atoms with E-state index in [-0.39, 0.29) is 5.82 Å². The molecule has 0 saturated heterocycles. The fourth-order valence-corrected chi connectivity index (χ4v) is 1.84. The van der Waals surface area contributed by atoms with E-state index in [2.05, 4.69) is 22.4 Å². The summed E-state index contributed by atoms with van der Waals surface area (Å²) in [7, 11) is 1.84. The zero-order valence-electron chi connectivity index (χ0n) is 11.8. The van der Waals surface area contributed by atoms with Gasteiger partial charge in [0.25, 0.3) is 0 Å². The second-order valence-corrected chi connectivity index (χ2v) is 4.60. The first-order chi connectivity index (χ1) is 9.70. The molecule has 4 nitrogen and oxygen atoms in total. The molecule has 0 fully saturated rings. The lowest BCUT2D eigenvalue weighted by Gasteiger charge is -2.17. The molecule has 0 radical (unpaired) electrons. The van der Waals surface area contributed by atoms with E-state index in [0.29, 0.717) is 12.4 Å². The zero-order valence-corrected chi connectivity index (χ0v) is 11.8. The molecule has 0 aliphatic rings. The number of anilines is 2. The summed E-state index contributed by atoms with van der Waals surface area (Å²) in [6, 6.07) is 10.2. The van der Waals surface area contributed by atoms with E-state index in [1.54, 1.807) is 11.0 Å². The number of hydrogen-bond donors (Lipinski definition) is 1. The van der Waals surface area contributed by atoms with E-state index in [1.807, 2.05) is 25.2 Å². The fourth-order valence-electron chi connectivity index (χ4n) is 1.84. The number of nitrogens with zero attached hydrogens (tertiary/aromatic N) is 3. The second-order valence-electron chi connectivity index (χ2n) is 4.60. The summed E-state index contributed by atoms with van der Waals surface area (Å²) < 4.78 is 13.2. The van der Waals surface area contributed by atoms with Gasteiger partial charge in [0, 0.05) is 19.3 Å². The molecule has 0 saturated carbocycles. The van der Waals surface area contributed by atoms with Gasteiger partial charge in [-0.3, -0.25) is 0 Å². The molecule has 1 aromatic heterocycles. The molecule has 0 amide bonds. The Kier molecular flexibility index (Phi) is 5.01. The van der Waals surface area contributed by atoms with Crippen molar-refractivity contribution < 1.29 is 4.39 Å². The molecule has 0 atom stereocenters. The minimum Gasteiger partial charge on any atom is -0.328 e. The maximum Gasteiger partial charge on any atom is 0.155 e. The van der Waals surface area contributed by atoms with Crippen LogP contribution in [0.5, 0.6) is 0 Å². The molecule has 0 aliphatic heterocycles. The highest BCUT2D eigenvalue weighted by Crippen LogP contribution is 2.21. The SMILES string of the molecule is CCCNCc1ccc(N(C)c2cccc(F)c2)nn1. The lowest BCUT2D eigenvalue weighted by atomic mass is 10.3. The quantitative estimate of drug-likeness (QED) is 0.822. The number of benzene rings is 1. The molecule has 1 aromatic carbocycles. The van der Waals surface area contributed by atoms with Crippen molar-refractivity contribution in [2.24, 2.45) is 0 Å². The smallest absolute Gasteiger partial charge is 0.155 e. The summed E-state index contributed by atoms with van der Waals surface area (Å²) in [5.41, 5.74) is 1.64. The van der Waals surface area contributed by atoms with Crippen LogP contribution in [0.2, 0.25) is 0 Å². The third-order valence-corrected chi connectivity index (χ3v) is 2.98. The van der Waals surface area contributed by atoms with Crippen LogP contribution in [0.1, 0.15) is 19.0 Å². The Morgan fingerprint density at radius 2 is 2.05 bits per heavy atom. The number of halogens is 1. The number of hydrogen-bond acceptors (Lipinski definition) is 4. The van der Waals surface area contributed by atoms with E-state index in [9.17, 15) is 4.39 Å². The van der Waals surface area contributed by atoms with E-state index >= 15 is 0 Å². The third kappa shape index (κ3) is 3.74. The van der Waals surface area contributed by atoms with Crippen LogP contribution in [-0.4, -0.2) is 23.8 Å². The van der Waals surface area contributed by atoms with Crippen LogP contribution < -0.4 is 10.2 Å². The first kappa shape index (κ1) is 14.4. The normalized spacial score (nSPS) is 10.6. The Hall–Kier alpha value is -2.01. The number of aromatic nitrogens is 2. The lowest BCUT2D eigenvalue weighted by molar-refractivity contribution is 0.628. The van der Waals surface area contributed by atoms with Gasteiger partial charge in [-0.05, 0) is 43.3 Å². The molecule has 106 valence electrons. The van der Waals surface area contributed by atoms with E-state index in [1.165, 1.54) is 12.1 Å². The average molecular weight is 274 g/mol. The van der Waals surface area contributed by atoms with Crippen molar-refractivity contribution in [1.82, 2.24) is 15.5 Å². The molecule has 2 rings (SSSR count). The van der Waals surface area contributed by atoms with Crippen LogP contribution in [0.15, 0.2) is 36.4 Å². The Morgan fingerprint density at radius 3 is 2.70 bits per heavy atom. The van der Waals surface area contributed by atoms with Crippen LogP contribution in [0.25, 0.3) is 0 Å². The summed E-state index contributed by atoms with van der Waals surface area (Å²) >= 11 is 0. The van der Waals surface area contributed by atoms with Gasteiger partial charge in [-0.2, -0.15) is 5.10 Å². The molecule has 0 unspecified atom stereocenters. The summed E-state index contributed by atoms with van der Waals surface area (Å²) in [6.45, 7) is 3.80. The summed E-state index contributed by atoms with van der Waals surface area (Å²) in [5.74, 6) is 0.428. The monoisotopic (exact) mass is 274 g/mol. The summed E-state index contributed by atoms with van der Waals surface area (Å²) in [6.07, 6.45) is 1.09. The first-order valence-corrected chi connectivity index (χ1v) is 6.73. The molecular formula is C15H19FN4. The van der Waals surface area contributed by atoms with E-state index in [4.69, 9.17) is 0 Å². The van der Waals surface area contributed by atoms with Crippen molar-refractivity contribution in [2.75, 3.05) is 18.5 Å². The van der Waals surface area contributed by atoms with Gasteiger partial charge in [-0.15, -0.1) is 5.10 Å².